The van der Waals surface area contributed by atoms with Crippen molar-refractivity contribution in [2.24, 2.45) is 5.92 Å². The van der Waals surface area contributed by atoms with Gasteiger partial charge in [0.1, 0.15) is 6.10 Å². The largest absolute Gasteiger partial charge is 0.490 e. The minimum Gasteiger partial charge on any atom is -0.490 e. The van der Waals surface area contributed by atoms with Crippen molar-refractivity contribution in [3.05, 3.63) is 24.0 Å². The van der Waals surface area contributed by atoms with Gasteiger partial charge in [-0.1, -0.05) is 26.0 Å². The van der Waals surface area contributed by atoms with E-state index in [1.807, 2.05) is 19.9 Å². The van der Waals surface area contributed by atoms with Crippen molar-refractivity contribution in [2.75, 3.05) is 7.11 Å². The second kappa shape index (κ2) is 4.98. The zero-order chi connectivity index (χ0) is 11.4. The Hall–Kier alpha value is -1.29. The fourth-order valence-corrected chi connectivity index (χ4v) is 1.20. The van der Waals surface area contributed by atoms with Crippen molar-refractivity contribution in [3.8, 4) is 0 Å². The third-order valence-corrected chi connectivity index (χ3v) is 2.01. The van der Waals surface area contributed by atoms with Crippen LogP contribution in [0.2, 0.25) is 0 Å². The van der Waals surface area contributed by atoms with Crippen LogP contribution < -0.4 is 0 Å². The topological polar surface area (TPSA) is 55.8 Å². The molecule has 0 aromatic heterocycles. The second-order valence-electron chi connectivity index (χ2n) is 3.72. The average Bonchev–Trinajstić information content (AvgIpc) is 2.56. The Morgan fingerprint density at radius 2 is 2.20 bits per heavy atom. The molecule has 1 heterocycles. The maximum Gasteiger partial charge on any atom is 0.374 e. The van der Waals surface area contributed by atoms with Gasteiger partial charge in [0.2, 0.25) is 5.76 Å². The number of hydrogen-bond donors (Lipinski definition) is 1. The smallest absolute Gasteiger partial charge is 0.374 e. The summed E-state index contributed by atoms with van der Waals surface area (Å²) in [7, 11) is 1.39. The molecule has 1 rings (SSSR count). The van der Waals surface area contributed by atoms with Gasteiger partial charge in [-0.2, -0.15) is 0 Å². The van der Waals surface area contributed by atoms with Crippen LogP contribution in [0.4, 0.5) is 0 Å². The number of methoxy groups -OCH3 is 1. The molecule has 0 saturated heterocycles. The van der Waals surface area contributed by atoms with Gasteiger partial charge in [-0.3, -0.25) is 0 Å². The van der Waals surface area contributed by atoms with Crippen LogP contribution in [0.1, 0.15) is 13.8 Å². The van der Waals surface area contributed by atoms with Crippen LogP contribution in [0.15, 0.2) is 24.0 Å². The summed E-state index contributed by atoms with van der Waals surface area (Å²) >= 11 is 0. The highest BCUT2D eigenvalue weighted by Gasteiger charge is 2.30. The van der Waals surface area contributed by atoms with Crippen LogP contribution in [0, 0.1) is 5.92 Å². The van der Waals surface area contributed by atoms with Crippen molar-refractivity contribution >= 4 is 5.97 Å². The molecule has 0 fully saturated rings. The van der Waals surface area contributed by atoms with Gasteiger partial charge < -0.3 is 14.6 Å². The fraction of sp³-hybridized carbons (Fsp3) is 0.545. The highest BCUT2D eigenvalue weighted by molar-refractivity contribution is 5.88. The zero-order valence-electron chi connectivity index (χ0n) is 9.14. The number of aliphatic hydroxyl groups excluding tert-OH is 1. The third-order valence-electron chi connectivity index (χ3n) is 2.01. The maximum atomic E-state index is 11.1. The van der Waals surface area contributed by atoms with Gasteiger partial charge in [-0.15, -0.1) is 0 Å². The molecule has 0 bridgehead atoms. The van der Waals surface area contributed by atoms with Crippen LogP contribution in [0.25, 0.3) is 0 Å². The van der Waals surface area contributed by atoms with E-state index in [-0.39, 0.29) is 5.76 Å². The highest BCUT2D eigenvalue weighted by atomic mass is 16.6. The average molecular weight is 212 g/mol. The first kappa shape index (κ1) is 11.8. The highest BCUT2D eigenvalue weighted by Crippen LogP contribution is 2.17. The van der Waals surface area contributed by atoms with Crippen molar-refractivity contribution < 1.29 is 19.4 Å². The lowest BCUT2D eigenvalue weighted by atomic mass is 10.1. The van der Waals surface area contributed by atoms with E-state index in [2.05, 4.69) is 0 Å². The number of allylic oxidation sites excluding steroid dienone is 1. The van der Waals surface area contributed by atoms with E-state index >= 15 is 0 Å². The normalized spacial score (nSPS) is 23.1. The Kier molecular flexibility index (Phi) is 3.91. The summed E-state index contributed by atoms with van der Waals surface area (Å²) in [6.45, 7) is 4.00. The van der Waals surface area contributed by atoms with Crippen molar-refractivity contribution in [3.63, 3.8) is 0 Å². The summed E-state index contributed by atoms with van der Waals surface area (Å²) in [5, 5.41) is 9.66. The molecule has 1 aliphatic rings. The molecule has 2 unspecified atom stereocenters. The summed E-state index contributed by atoms with van der Waals surface area (Å²) in [6, 6.07) is 0. The SMILES string of the molecule is COC1=CC(C(O)C=CC(C)C)OC1=O. The van der Waals surface area contributed by atoms with Gasteiger partial charge >= 0.3 is 5.97 Å². The van der Waals surface area contributed by atoms with E-state index in [0.717, 1.165) is 0 Å². The molecule has 0 aliphatic carbocycles. The number of esters is 1. The summed E-state index contributed by atoms with van der Waals surface area (Å²) in [5.41, 5.74) is 0. The maximum absolute atomic E-state index is 11.1. The molecule has 0 saturated carbocycles. The first-order valence-electron chi connectivity index (χ1n) is 4.87. The van der Waals surface area contributed by atoms with Crippen molar-refractivity contribution in [1.82, 2.24) is 0 Å². The van der Waals surface area contributed by atoms with E-state index in [1.165, 1.54) is 13.2 Å². The molecular weight excluding hydrogens is 196 g/mol. The van der Waals surface area contributed by atoms with Gasteiger partial charge in [-0.25, -0.2) is 4.79 Å². The van der Waals surface area contributed by atoms with Crippen LogP contribution in [-0.4, -0.2) is 30.4 Å². The number of cyclic esters (lactones) is 1. The lowest BCUT2D eigenvalue weighted by molar-refractivity contribution is -0.145. The predicted octanol–water partition coefficient (Wildman–Crippen LogP) is 1.02. The molecule has 0 amide bonds. The van der Waals surface area contributed by atoms with Crippen LogP contribution >= 0.6 is 0 Å². The van der Waals surface area contributed by atoms with Crippen molar-refractivity contribution in [2.45, 2.75) is 26.1 Å². The standard InChI is InChI=1S/C11H16O4/c1-7(2)4-5-8(12)9-6-10(14-3)11(13)15-9/h4-9,12H,1-3H3. The molecule has 0 aromatic rings. The lowest BCUT2D eigenvalue weighted by Crippen LogP contribution is -2.23. The molecule has 15 heavy (non-hydrogen) atoms. The minimum absolute atomic E-state index is 0.150. The van der Waals surface area contributed by atoms with E-state index in [0.29, 0.717) is 5.92 Å². The summed E-state index contributed by atoms with van der Waals surface area (Å²) < 4.78 is 9.68. The van der Waals surface area contributed by atoms with E-state index < -0.39 is 18.2 Å². The molecule has 0 spiro atoms. The molecule has 1 aliphatic heterocycles. The monoisotopic (exact) mass is 212 g/mol. The Bertz CT molecular complexity index is 291. The first-order chi connectivity index (χ1) is 7.04. The first-order valence-corrected chi connectivity index (χ1v) is 4.87. The van der Waals surface area contributed by atoms with E-state index in [9.17, 15) is 9.90 Å². The number of hydrogen-bond acceptors (Lipinski definition) is 4. The number of rotatable bonds is 4. The summed E-state index contributed by atoms with van der Waals surface area (Å²) in [4.78, 5) is 11.1. The van der Waals surface area contributed by atoms with Crippen LogP contribution in [0.5, 0.6) is 0 Å². The Morgan fingerprint density at radius 1 is 1.53 bits per heavy atom. The predicted molar refractivity (Wildman–Crippen MR) is 55.0 cm³/mol. The molecule has 84 valence electrons. The molecule has 4 heteroatoms. The zero-order valence-corrected chi connectivity index (χ0v) is 9.14. The Labute approximate surface area is 89.2 Å². The van der Waals surface area contributed by atoms with Gasteiger partial charge in [0.05, 0.1) is 7.11 Å². The molecular formula is C11H16O4. The molecule has 0 aromatic carbocycles. The number of aliphatic hydroxyl groups is 1. The van der Waals surface area contributed by atoms with E-state index in [1.54, 1.807) is 6.08 Å². The quantitative estimate of drug-likeness (QED) is 0.558. The molecule has 2 atom stereocenters. The summed E-state index contributed by atoms with van der Waals surface area (Å²) in [5.74, 6) is -0.0286. The van der Waals surface area contributed by atoms with Gasteiger partial charge in [0.25, 0.3) is 0 Å². The Morgan fingerprint density at radius 3 is 2.67 bits per heavy atom. The third kappa shape index (κ3) is 3.09. The summed E-state index contributed by atoms with van der Waals surface area (Å²) in [6.07, 6.45) is 3.51. The number of carbonyl (C=O) groups is 1. The molecule has 0 radical (unpaired) electrons. The Balaban J connectivity index is 2.60. The molecule has 1 N–H and O–H groups in total. The van der Waals surface area contributed by atoms with Crippen LogP contribution in [0.3, 0.4) is 0 Å². The van der Waals surface area contributed by atoms with Crippen molar-refractivity contribution in [1.29, 1.82) is 0 Å². The molecule has 4 nitrogen and oxygen atoms in total. The van der Waals surface area contributed by atoms with Gasteiger partial charge in [-0.05, 0) is 5.92 Å². The van der Waals surface area contributed by atoms with Crippen LogP contribution in [-0.2, 0) is 14.3 Å². The van der Waals surface area contributed by atoms with Gasteiger partial charge in [0.15, 0.2) is 6.10 Å². The number of ether oxygens (including phenoxy) is 2. The minimum atomic E-state index is -0.816. The van der Waals surface area contributed by atoms with Gasteiger partial charge in [0, 0.05) is 6.08 Å². The van der Waals surface area contributed by atoms with E-state index in [4.69, 9.17) is 9.47 Å². The second-order valence-corrected chi connectivity index (χ2v) is 3.72. The fourth-order valence-electron chi connectivity index (χ4n) is 1.20. The number of carbonyl (C=O) groups excluding carboxylic acids is 1. The lowest BCUT2D eigenvalue weighted by Gasteiger charge is -2.11.